The van der Waals surface area contributed by atoms with Gasteiger partial charge in [-0.25, -0.2) is 4.98 Å². The van der Waals surface area contributed by atoms with Gasteiger partial charge in [0.05, 0.1) is 6.61 Å². The fourth-order valence-corrected chi connectivity index (χ4v) is 1.78. The number of ether oxygens (including phenoxy) is 1. The van der Waals surface area contributed by atoms with Crippen molar-refractivity contribution in [3.05, 3.63) is 48.0 Å². The highest BCUT2D eigenvalue weighted by atomic mass is 19.3. The Morgan fingerprint density at radius 1 is 1.45 bits per heavy atom. The van der Waals surface area contributed by atoms with Gasteiger partial charge >= 0.3 is 6.55 Å². The molecule has 0 aliphatic carbocycles. The van der Waals surface area contributed by atoms with Gasteiger partial charge in [-0.1, -0.05) is 6.07 Å². The van der Waals surface area contributed by atoms with E-state index in [1.165, 1.54) is 18.5 Å². The van der Waals surface area contributed by atoms with Crippen molar-refractivity contribution in [2.24, 2.45) is 0 Å². The number of hydrogen-bond acceptors (Lipinski definition) is 4. The summed E-state index contributed by atoms with van der Waals surface area (Å²) in [6.45, 7) is -2.83. The molecule has 0 saturated carbocycles. The van der Waals surface area contributed by atoms with Crippen LogP contribution in [0.15, 0.2) is 36.7 Å². The number of aliphatic hydroxyl groups is 1. The first-order valence-electron chi connectivity index (χ1n) is 6.53. The van der Waals surface area contributed by atoms with Crippen LogP contribution in [0.25, 0.3) is 0 Å². The molecule has 0 spiro atoms. The van der Waals surface area contributed by atoms with Gasteiger partial charge in [0.15, 0.2) is 5.82 Å². The minimum absolute atomic E-state index is 0.0881. The van der Waals surface area contributed by atoms with E-state index < -0.39 is 6.55 Å². The molecule has 1 heterocycles. The van der Waals surface area contributed by atoms with Crippen LogP contribution in [0.5, 0.6) is 5.75 Å². The van der Waals surface area contributed by atoms with Gasteiger partial charge in [-0.3, -0.25) is 9.36 Å². The molecule has 22 heavy (non-hydrogen) atoms. The molecule has 2 N–H and O–H groups in total. The van der Waals surface area contributed by atoms with Gasteiger partial charge < -0.3 is 15.2 Å². The normalized spacial score (nSPS) is 10.7. The summed E-state index contributed by atoms with van der Waals surface area (Å²) >= 11 is 0. The van der Waals surface area contributed by atoms with E-state index >= 15 is 0 Å². The Morgan fingerprint density at radius 2 is 2.27 bits per heavy atom. The minimum Gasteiger partial charge on any atom is -0.486 e. The Morgan fingerprint density at radius 3 is 3.00 bits per heavy atom. The SMILES string of the molecule is O=C(NCCO)c1cccc(OCc2nccn2C(F)F)c1. The summed E-state index contributed by atoms with van der Waals surface area (Å²) < 4.78 is 31.4. The number of imidazole rings is 1. The van der Waals surface area contributed by atoms with Crippen LogP contribution in [0, 0.1) is 0 Å². The molecule has 1 aromatic carbocycles. The molecule has 118 valence electrons. The first kappa shape index (κ1) is 15.9. The van der Waals surface area contributed by atoms with Gasteiger partial charge in [-0.2, -0.15) is 8.78 Å². The molecule has 0 unspecified atom stereocenters. The molecule has 0 atom stereocenters. The number of aliphatic hydroxyl groups excluding tert-OH is 1. The Hall–Kier alpha value is -2.48. The summed E-state index contributed by atoms with van der Waals surface area (Å²) in [4.78, 5) is 15.5. The van der Waals surface area contributed by atoms with Crippen molar-refractivity contribution >= 4 is 5.91 Å². The van der Waals surface area contributed by atoms with Crippen LogP contribution in [0.2, 0.25) is 0 Å². The summed E-state index contributed by atoms with van der Waals surface area (Å²) in [7, 11) is 0. The smallest absolute Gasteiger partial charge is 0.320 e. The largest absolute Gasteiger partial charge is 0.486 e. The van der Waals surface area contributed by atoms with E-state index in [2.05, 4.69) is 10.3 Å². The number of rotatable bonds is 7. The van der Waals surface area contributed by atoms with E-state index in [0.29, 0.717) is 15.9 Å². The highest BCUT2D eigenvalue weighted by Crippen LogP contribution is 2.17. The Labute approximate surface area is 125 Å². The third-order valence-electron chi connectivity index (χ3n) is 2.82. The maximum atomic E-state index is 12.7. The van der Waals surface area contributed by atoms with Crippen LogP contribution < -0.4 is 10.1 Å². The standard InChI is InChI=1S/C14H15F2N3O3/c15-14(16)19-6-4-17-12(19)9-22-11-3-1-2-10(8-11)13(21)18-5-7-20/h1-4,6,8,14,20H,5,7,9H2,(H,18,21). The number of carbonyl (C=O) groups excluding carboxylic acids is 1. The van der Waals surface area contributed by atoms with Gasteiger partial charge in [-0.15, -0.1) is 0 Å². The third kappa shape index (κ3) is 4.01. The summed E-state index contributed by atoms with van der Waals surface area (Å²) in [6, 6.07) is 6.29. The first-order chi connectivity index (χ1) is 10.6. The zero-order valence-corrected chi connectivity index (χ0v) is 11.6. The molecular formula is C14H15F2N3O3. The predicted molar refractivity (Wildman–Crippen MR) is 73.7 cm³/mol. The van der Waals surface area contributed by atoms with Crippen molar-refractivity contribution in [2.45, 2.75) is 13.2 Å². The quantitative estimate of drug-likeness (QED) is 0.814. The lowest BCUT2D eigenvalue weighted by atomic mass is 10.2. The second-order valence-corrected chi connectivity index (χ2v) is 4.32. The molecule has 0 bridgehead atoms. The summed E-state index contributed by atoms with van der Waals surface area (Å²) in [5.74, 6) is 0.0965. The van der Waals surface area contributed by atoms with Gasteiger partial charge in [-0.05, 0) is 18.2 Å². The number of carbonyl (C=O) groups is 1. The molecule has 0 aliphatic rings. The molecule has 0 fully saturated rings. The van der Waals surface area contributed by atoms with Gasteiger partial charge in [0.1, 0.15) is 12.4 Å². The van der Waals surface area contributed by atoms with Crippen molar-refractivity contribution in [3.8, 4) is 5.75 Å². The summed E-state index contributed by atoms with van der Waals surface area (Å²) in [6.07, 6.45) is 2.44. The van der Waals surface area contributed by atoms with Gasteiger partial charge in [0.25, 0.3) is 5.91 Å². The number of halogens is 2. The van der Waals surface area contributed by atoms with E-state index in [0.717, 1.165) is 0 Å². The number of alkyl halides is 2. The molecule has 2 rings (SSSR count). The molecule has 2 aromatic rings. The second kappa shape index (κ2) is 7.51. The number of aromatic nitrogens is 2. The predicted octanol–water partition coefficient (Wildman–Crippen LogP) is 1.58. The number of nitrogens with zero attached hydrogens (tertiary/aromatic N) is 2. The first-order valence-corrected chi connectivity index (χ1v) is 6.53. The van der Waals surface area contributed by atoms with Crippen LogP contribution >= 0.6 is 0 Å². The number of nitrogens with one attached hydrogen (secondary N) is 1. The van der Waals surface area contributed by atoms with Crippen LogP contribution in [0.3, 0.4) is 0 Å². The lowest BCUT2D eigenvalue weighted by molar-refractivity contribution is 0.0632. The van der Waals surface area contributed by atoms with Crippen molar-refractivity contribution in [1.29, 1.82) is 0 Å². The summed E-state index contributed by atoms with van der Waals surface area (Å²) in [5, 5.41) is 11.2. The minimum atomic E-state index is -2.68. The molecule has 0 saturated heterocycles. The fourth-order valence-electron chi connectivity index (χ4n) is 1.78. The monoisotopic (exact) mass is 311 g/mol. The van der Waals surface area contributed by atoms with E-state index in [1.807, 2.05) is 0 Å². The highest BCUT2D eigenvalue weighted by molar-refractivity contribution is 5.94. The Kier molecular flexibility index (Phi) is 5.42. The van der Waals surface area contributed by atoms with E-state index in [1.54, 1.807) is 18.2 Å². The van der Waals surface area contributed by atoms with E-state index in [4.69, 9.17) is 9.84 Å². The summed E-state index contributed by atoms with van der Waals surface area (Å²) in [5.41, 5.74) is 0.350. The second-order valence-electron chi connectivity index (χ2n) is 4.32. The maximum Gasteiger partial charge on any atom is 0.320 e. The average molecular weight is 311 g/mol. The fraction of sp³-hybridized carbons (Fsp3) is 0.286. The maximum absolute atomic E-state index is 12.7. The third-order valence-corrected chi connectivity index (χ3v) is 2.82. The lowest BCUT2D eigenvalue weighted by Gasteiger charge is -2.09. The van der Waals surface area contributed by atoms with Crippen LogP contribution in [-0.2, 0) is 6.61 Å². The van der Waals surface area contributed by atoms with Crippen LogP contribution in [0.4, 0.5) is 8.78 Å². The topological polar surface area (TPSA) is 76.4 Å². The number of hydrogen-bond donors (Lipinski definition) is 2. The van der Waals surface area contributed by atoms with Gasteiger partial charge in [0.2, 0.25) is 0 Å². The lowest BCUT2D eigenvalue weighted by Crippen LogP contribution is -2.26. The van der Waals surface area contributed by atoms with Crippen molar-refractivity contribution < 1.29 is 23.4 Å². The zero-order valence-electron chi connectivity index (χ0n) is 11.6. The molecule has 8 heteroatoms. The molecule has 0 radical (unpaired) electrons. The van der Waals surface area contributed by atoms with Gasteiger partial charge in [0, 0.05) is 24.5 Å². The van der Waals surface area contributed by atoms with E-state index in [9.17, 15) is 13.6 Å². The Bertz CT molecular complexity index is 631. The Balaban J connectivity index is 2.01. The van der Waals surface area contributed by atoms with Crippen LogP contribution in [0.1, 0.15) is 22.7 Å². The number of benzene rings is 1. The number of amides is 1. The highest BCUT2D eigenvalue weighted by Gasteiger charge is 2.12. The molecule has 6 nitrogen and oxygen atoms in total. The molecule has 1 amide bonds. The molecule has 0 aliphatic heterocycles. The zero-order chi connectivity index (χ0) is 15.9. The van der Waals surface area contributed by atoms with E-state index in [-0.39, 0.29) is 31.5 Å². The van der Waals surface area contributed by atoms with Crippen molar-refractivity contribution in [2.75, 3.05) is 13.2 Å². The van der Waals surface area contributed by atoms with Crippen molar-refractivity contribution in [1.82, 2.24) is 14.9 Å². The van der Waals surface area contributed by atoms with Crippen molar-refractivity contribution in [3.63, 3.8) is 0 Å². The van der Waals surface area contributed by atoms with Crippen LogP contribution in [-0.4, -0.2) is 33.7 Å². The molecular weight excluding hydrogens is 296 g/mol. The average Bonchev–Trinajstić information content (AvgIpc) is 2.99. The molecule has 1 aromatic heterocycles.